The Morgan fingerprint density at radius 1 is 1.23 bits per heavy atom. The minimum atomic E-state index is -1.25. The average Bonchev–Trinajstić information content (AvgIpc) is 2.88. The van der Waals surface area contributed by atoms with Gasteiger partial charge in [0.15, 0.2) is 0 Å². The summed E-state index contributed by atoms with van der Waals surface area (Å²) in [5, 5.41) is 12.5. The summed E-state index contributed by atoms with van der Waals surface area (Å²) in [6.45, 7) is 0. The predicted octanol–water partition coefficient (Wildman–Crippen LogP) is 3.51. The molecule has 0 saturated heterocycles. The van der Waals surface area contributed by atoms with E-state index in [1.165, 1.54) is 0 Å². The number of fused-ring (bicyclic) bond motifs is 1. The molecule has 1 unspecified atom stereocenters. The molecule has 0 fully saturated rings. The van der Waals surface area contributed by atoms with E-state index in [0.29, 0.717) is 10.3 Å². The zero-order valence-electron chi connectivity index (χ0n) is 11.7. The summed E-state index contributed by atoms with van der Waals surface area (Å²) in [6.07, 6.45) is 0. The first-order valence-corrected chi connectivity index (χ1v) is 8.19. The van der Waals surface area contributed by atoms with Crippen molar-refractivity contribution >= 4 is 47.2 Å². The van der Waals surface area contributed by atoms with Crippen molar-refractivity contribution in [2.45, 2.75) is 0 Å². The van der Waals surface area contributed by atoms with E-state index in [-0.39, 0.29) is 5.69 Å². The van der Waals surface area contributed by atoms with Crippen LogP contribution in [0.25, 0.3) is 10.9 Å². The maximum atomic E-state index is 11.6. The van der Waals surface area contributed by atoms with E-state index in [2.05, 4.69) is 4.98 Å². The molecule has 0 aliphatic carbocycles. The van der Waals surface area contributed by atoms with Gasteiger partial charge in [-0.25, -0.2) is 4.79 Å². The van der Waals surface area contributed by atoms with Crippen molar-refractivity contribution in [1.82, 2.24) is 4.98 Å². The molecule has 22 heavy (non-hydrogen) atoms. The van der Waals surface area contributed by atoms with Crippen LogP contribution < -0.4 is 10.6 Å². The lowest BCUT2D eigenvalue weighted by Crippen LogP contribution is -2.18. The quantitative estimate of drug-likeness (QED) is 0.718. The van der Waals surface area contributed by atoms with Crippen LogP contribution in [0.1, 0.15) is 10.5 Å². The maximum absolute atomic E-state index is 11.6. The maximum Gasteiger partial charge on any atom is 0.353 e. The molecular weight excluding hydrogens is 321 g/mol. The molecule has 3 aromatic rings. The average molecular weight is 334 g/mol. The van der Waals surface area contributed by atoms with Crippen LogP contribution in [-0.4, -0.2) is 23.2 Å². The molecule has 0 amide bonds. The Bertz CT molecular complexity index is 832. The molecule has 2 N–H and O–H groups in total. The number of aromatic amines is 1. The van der Waals surface area contributed by atoms with Gasteiger partial charge in [0.05, 0.1) is 8.15 Å². The van der Waals surface area contributed by atoms with Crippen molar-refractivity contribution in [3.63, 3.8) is 0 Å². The van der Waals surface area contributed by atoms with Crippen molar-refractivity contribution in [2.75, 3.05) is 7.11 Å². The largest absolute Gasteiger partial charge is 0.477 e. The SMILES string of the molecule is COP(c1ccccc1)c1c(C(=O)O)[nH]c2ccc(Cl)cc12. The molecule has 0 spiro atoms. The van der Waals surface area contributed by atoms with E-state index in [1.807, 2.05) is 30.3 Å². The van der Waals surface area contributed by atoms with Gasteiger partial charge in [-0.2, -0.15) is 0 Å². The molecule has 0 bridgehead atoms. The second kappa shape index (κ2) is 6.09. The van der Waals surface area contributed by atoms with E-state index < -0.39 is 14.1 Å². The topological polar surface area (TPSA) is 62.3 Å². The fourth-order valence-electron chi connectivity index (χ4n) is 2.40. The van der Waals surface area contributed by atoms with Gasteiger partial charge in [0.2, 0.25) is 0 Å². The van der Waals surface area contributed by atoms with Crippen LogP contribution in [-0.2, 0) is 4.52 Å². The molecule has 0 saturated carbocycles. The standard InChI is InChI=1S/C16H13ClNO3P/c1-21-22(11-5-3-2-4-6-11)15-12-9-10(17)7-8-13(12)18-14(15)16(19)20/h2-9,18H,1H3,(H,19,20). The lowest BCUT2D eigenvalue weighted by Gasteiger charge is -2.16. The number of carboxylic acids is 1. The summed E-state index contributed by atoms with van der Waals surface area (Å²) in [7, 11) is 0.343. The number of aromatic carboxylic acids is 1. The number of aromatic nitrogens is 1. The first-order valence-electron chi connectivity index (χ1n) is 6.55. The number of carboxylic acid groups (broad SMARTS) is 1. The molecular formula is C16H13ClNO3P. The molecule has 4 nitrogen and oxygen atoms in total. The van der Waals surface area contributed by atoms with Gasteiger partial charge in [-0.3, -0.25) is 0 Å². The number of nitrogens with one attached hydrogen (secondary N) is 1. The van der Waals surface area contributed by atoms with Crippen LogP contribution in [0.2, 0.25) is 5.02 Å². The normalized spacial score (nSPS) is 12.5. The second-order valence-corrected chi connectivity index (χ2v) is 7.01. The van der Waals surface area contributed by atoms with Crippen LogP contribution in [0.15, 0.2) is 48.5 Å². The minimum absolute atomic E-state index is 0.147. The van der Waals surface area contributed by atoms with Crippen molar-refractivity contribution in [1.29, 1.82) is 0 Å². The fraction of sp³-hybridized carbons (Fsp3) is 0.0625. The molecule has 3 rings (SSSR count). The Hall–Kier alpha value is -1.87. The Morgan fingerprint density at radius 2 is 1.95 bits per heavy atom. The summed E-state index contributed by atoms with van der Waals surface area (Å²) in [5.74, 6) is -1.01. The molecule has 1 atom stereocenters. The third-order valence-corrected chi connectivity index (χ3v) is 5.56. The lowest BCUT2D eigenvalue weighted by molar-refractivity contribution is 0.0693. The summed E-state index contributed by atoms with van der Waals surface area (Å²) in [6, 6.07) is 14.9. The molecule has 1 heterocycles. The van der Waals surface area contributed by atoms with Crippen LogP contribution in [0.4, 0.5) is 0 Å². The summed E-state index contributed by atoms with van der Waals surface area (Å²) in [5.41, 5.74) is 0.881. The van der Waals surface area contributed by atoms with Crippen LogP contribution in [0.3, 0.4) is 0 Å². The number of H-pyrrole nitrogens is 1. The first-order chi connectivity index (χ1) is 10.6. The Kier molecular flexibility index (Phi) is 4.16. The zero-order valence-corrected chi connectivity index (χ0v) is 13.4. The van der Waals surface area contributed by atoms with Gasteiger partial charge in [0, 0.05) is 33.6 Å². The number of halogens is 1. The highest BCUT2D eigenvalue weighted by Gasteiger charge is 2.26. The van der Waals surface area contributed by atoms with Crippen molar-refractivity contribution in [3.05, 3.63) is 59.2 Å². The van der Waals surface area contributed by atoms with Gasteiger partial charge in [-0.05, 0) is 18.2 Å². The van der Waals surface area contributed by atoms with Gasteiger partial charge in [-0.1, -0.05) is 41.9 Å². The molecule has 1 aromatic heterocycles. The number of carbonyl (C=O) groups is 1. The summed E-state index contributed by atoms with van der Waals surface area (Å²) in [4.78, 5) is 14.6. The van der Waals surface area contributed by atoms with Gasteiger partial charge in [-0.15, -0.1) is 0 Å². The van der Waals surface area contributed by atoms with Gasteiger partial charge in [0.25, 0.3) is 0 Å². The van der Waals surface area contributed by atoms with E-state index in [4.69, 9.17) is 16.1 Å². The number of hydrogen-bond acceptors (Lipinski definition) is 2. The van der Waals surface area contributed by atoms with Crippen molar-refractivity contribution in [2.24, 2.45) is 0 Å². The molecule has 112 valence electrons. The van der Waals surface area contributed by atoms with Crippen LogP contribution in [0, 0.1) is 0 Å². The summed E-state index contributed by atoms with van der Waals surface area (Å²) >= 11 is 6.08. The van der Waals surface area contributed by atoms with E-state index >= 15 is 0 Å². The molecule has 0 aliphatic rings. The van der Waals surface area contributed by atoms with E-state index in [9.17, 15) is 9.90 Å². The molecule has 2 aromatic carbocycles. The van der Waals surface area contributed by atoms with E-state index in [1.54, 1.807) is 25.3 Å². The lowest BCUT2D eigenvalue weighted by atomic mass is 10.2. The third-order valence-electron chi connectivity index (χ3n) is 3.32. The molecule has 6 heteroatoms. The van der Waals surface area contributed by atoms with Crippen molar-refractivity contribution in [3.8, 4) is 0 Å². The van der Waals surface area contributed by atoms with Crippen molar-refractivity contribution < 1.29 is 14.4 Å². The van der Waals surface area contributed by atoms with E-state index in [0.717, 1.165) is 16.2 Å². The Morgan fingerprint density at radius 3 is 2.59 bits per heavy atom. The highest BCUT2D eigenvalue weighted by atomic mass is 35.5. The molecule has 0 radical (unpaired) electrons. The third kappa shape index (κ3) is 2.61. The predicted molar refractivity (Wildman–Crippen MR) is 89.9 cm³/mol. The number of benzene rings is 2. The molecule has 0 aliphatic heterocycles. The second-order valence-electron chi connectivity index (χ2n) is 4.66. The van der Waals surface area contributed by atoms with Crippen LogP contribution in [0.5, 0.6) is 0 Å². The zero-order chi connectivity index (χ0) is 15.7. The van der Waals surface area contributed by atoms with Gasteiger partial charge < -0.3 is 14.6 Å². The number of hydrogen-bond donors (Lipinski definition) is 2. The minimum Gasteiger partial charge on any atom is -0.477 e. The summed E-state index contributed by atoms with van der Waals surface area (Å²) < 4.78 is 5.66. The Balaban J connectivity index is 2.29. The van der Waals surface area contributed by atoms with Gasteiger partial charge in [0.1, 0.15) is 5.69 Å². The first kappa shape index (κ1) is 15.0. The highest BCUT2D eigenvalue weighted by molar-refractivity contribution is 7.69. The highest BCUT2D eigenvalue weighted by Crippen LogP contribution is 2.38. The smallest absolute Gasteiger partial charge is 0.353 e. The monoisotopic (exact) mass is 333 g/mol. The van der Waals surface area contributed by atoms with Gasteiger partial charge >= 0.3 is 5.97 Å². The van der Waals surface area contributed by atoms with Crippen LogP contribution >= 0.6 is 19.7 Å². The number of rotatable bonds is 4. The fourth-order valence-corrected chi connectivity index (χ4v) is 4.43. The Labute approximate surface area is 133 Å².